The van der Waals surface area contributed by atoms with Crippen molar-refractivity contribution in [2.45, 2.75) is 69.1 Å². The predicted molar refractivity (Wildman–Crippen MR) is 123 cm³/mol. The lowest BCUT2D eigenvalue weighted by Crippen LogP contribution is -2.58. The van der Waals surface area contributed by atoms with Crippen LogP contribution in [-0.4, -0.2) is 86.8 Å². The van der Waals surface area contributed by atoms with Crippen LogP contribution in [0, 0.1) is 0 Å². The Balaban J connectivity index is 2.16. The average molecular weight is 495 g/mol. The first-order chi connectivity index (χ1) is 16.6. The molecule has 14 nitrogen and oxygen atoms in total. The fourth-order valence-corrected chi connectivity index (χ4v) is 3.90. The molecule has 4 amide bonds. The number of aromatic nitrogens is 2. The van der Waals surface area contributed by atoms with E-state index in [2.05, 4.69) is 20.6 Å². The maximum absolute atomic E-state index is 13.2. The number of nitrogens with two attached hydrogens (primary N) is 3. The van der Waals surface area contributed by atoms with Crippen molar-refractivity contribution in [1.29, 1.82) is 0 Å². The summed E-state index contributed by atoms with van der Waals surface area (Å²) in [6.07, 6.45) is 4.80. The molecule has 0 aliphatic carbocycles. The number of aromatic amines is 1. The molecule has 0 saturated carbocycles. The third kappa shape index (κ3) is 8.33. The number of imidazole rings is 1. The summed E-state index contributed by atoms with van der Waals surface area (Å²) >= 11 is 0. The lowest BCUT2D eigenvalue weighted by atomic mass is 10.1. The van der Waals surface area contributed by atoms with Crippen LogP contribution in [0.3, 0.4) is 0 Å². The highest BCUT2D eigenvalue weighted by atomic mass is 16.4. The van der Waals surface area contributed by atoms with E-state index in [4.69, 9.17) is 17.2 Å². The van der Waals surface area contributed by atoms with E-state index in [-0.39, 0.29) is 19.4 Å². The van der Waals surface area contributed by atoms with Crippen molar-refractivity contribution < 1.29 is 29.1 Å². The predicted octanol–water partition coefficient (Wildman–Crippen LogP) is -2.67. The van der Waals surface area contributed by atoms with Crippen LogP contribution < -0.4 is 27.8 Å². The highest BCUT2D eigenvalue weighted by Crippen LogP contribution is 2.19. The van der Waals surface area contributed by atoms with E-state index in [0.717, 1.165) is 4.90 Å². The summed E-state index contributed by atoms with van der Waals surface area (Å²) < 4.78 is 0. The molecule has 1 aliphatic rings. The van der Waals surface area contributed by atoms with Gasteiger partial charge in [0.15, 0.2) is 0 Å². The highest BCUT2D eigenvalue weighted by Gasteiger charge is 2.39. The van der Waals surface area contributed by atoms with Gasteiger partial charge in [0, 0.05) is 24.9 Å². The molecule has 4 unspecified atom stereocenters. The van der Waals surface area contributed by atoms with E-state index in [1.165, 1.54) is 12.5 Å². The number of carbonyl (C=O) groups excluding carboxylic acids is 4. The molecule has 1 aliphatic heterocycles. The highest BCUT2D eigenvalue weighted by molar-refractivity contribution is 5.96. The lowest BCUT2D eigenvalue weighted by Gasteiger charge is -2.28. The largest absolute Gasteiger partial charge is 0.480 e. The zero-order valence-corrected chi connectivity index (χ0v) is 19.4. The number of nitrogens with one attached hydrogen (secondary N) is 3. The second-order valence-corrected chi connectivity index (χ2v) is 8.49. The SMILES string of the molecule is NCCCCC(N)C(=O)NC(Cc1cnc[nH]1)C(=O)NC(CC(N)=O)C(=O)N1CCCC1C(=O)O. The van der Waals surface area contributed by atoms with Crippen LogP contribution in [0.2, 0.25) is 0 Å². The van der Waals surface area contributed by atoms with Gasteiger partial charge < -0.3 is 42.8 Å². The summed E-state index contributed by atoms with van der Waals surface area (Å²) in [5.41, 5.74) is 17.2. The molecular weight excluding hydrogens is 460 g/mol. The fourth-order valence-electron chi connectivity index (χ4n) is 3.90. The molecule has 2 heterocycles. The smallest absolute Gasteiger partial charge is 0.326 e. The number of rotatable bonds is 14. The van der Waals surface area contributed by atoms with Crippen LogP contribution in [0.4, 0.5) is 0 Å². The van der Waals surface area contributed by atoms with Crippen molar-refractivity contribution in [1.82, 2.24) is 25.5 Å². The number of carboxylic acid groups (broad SMARTS) is 1. The number of aliphatic carboxylic acids is 1. The summed E-state index contributed by atoms with van der Waals surface area (Å²) in [6, 6.07) is -4.47. The molecule has 10 N–H and O–H groups in total. The van der Waals surface area contributed by atoms with Gasteiger partial charge >= 0.3 is 5.97 Å². The van der Waals surface area contributed by atoms with Crippen molar-refractivity contribution in [3.8, 4) is 0 Å². The number of hydrogen-bond donors (Lipinski definition) is 7. The van der Waals surface area contributed by atoms with E-state index >= 15 is 0 Å². The van der Waals surface area contributed by atoms with E-state index < -0.39 is 60.2 Å². The maximum atomic E-state index is 13.2. The molecule has 0 radical (unpaired) electrons. The Morgan fingerprint density at radius 2 is 1.89 bits per heavy atom. The van der Waals surface area contributed by atoms with E-state index in [1.54, 1.807) is 0 Å². The Morgan fingerprint density at radius 3 is 2.49 bits per heavy atom. The minimum Gasteiger partial charge on any atom is -0.480 e. The molecule has 0 bridgehead atoms. The van der Waals surface area contributed by atoms with Gasteiger partial charge in [-0.05, 0) is 32.2 Å². The van der Waals surface area contributed by atoms with Gasteiger partial charge in [-0.15, -0.1) is 0 Å². The van der Waals surface area contributed by atoms with Gasteiger partial charge in [-0.2, -0.15) is 0 Å². The first-order valence-corrected chi connectivity index (χ1v) is 11.5. The summed E-state index contributed by atoms with van der Waals surface area (Å²) in [4.78, 5) is 69.8. The summed E-state index contributed by atoms with van der Waals surface area (Å²) in [5, 5.41) is 14.4. The molecular formula is C21H34N8O6. The van der Waals surface area contributed by atoms with Crippen LogP contribution in [0.1, 0.15) is 44.2 Å². The molecule has 35 heavy (non-hydrogen) atoms. The zero-order chi connectivity index (χ0) is 26.0. The van der Waals surface area contributed by atoms with Gasteiger partial charge in [-0.1, -0.05) is 6.42 Å². The second-order valence-electron chi connectivity index (χ2n) is 8.49. The molecule has 0 aromatic carbocycles. The monoisotopic (exact) mass is 494 g/mol. The lowest BCUT2D eigenvalue weighted by molar-refractivity contribution is -0.149. The Kier molecular flexibility index (Phi) is 10.6. The molecule has 1 saturated heterocycles. The standard InChI is InChI=1S/C21H34N8O6/c22-6-2-1-4-13(23)18(31)27-14(8-12-10-25-11-26-12)19(32)28-15(9-17(24)30)20(33)29-7-3-5-16(29)21(34)35/h10-11,13-16H,1-9,22-23H2,(H2,24,30)(H,25,26)(H,27,31)(H,28,32)(H,34,35). The number of unbranched alkanes of at least 4 members (excludes halogenated alkanes) is 1. The molecule has 1 aromatic rings. The van der Waals surface area contributed by atoms with Gasteiger partial charge in [0.1, 0.15) is 18.1 Å². The Morgan fingerprint density at radius 1 is 1.17 bits per heavy atom. The quantitative estimate of drug-likeness (QED) is 0.133. The molecule has 4 atom stereocenters. The van der Waals surface area contributed by atoms with Gasteiger partial charge in [0.05, 0.1) is 18.8 Å². The van der Waals surface area contributed by atoms with Gasteiger partial charge in [0.2, 0.25) is 23.6 Å². The van der Waals surface area contributed by atoms with Crippen molar-refractivity contribution >= 4 is 29.6 Å². The average Bonchev–Trinajstić information content (AvgIpc) is 3.49. The van der Waals surface area contributed by atoms with Gasteiger partial charge in [-0.3, -0.25) is 19.2 Å². The number of nitrogens with zero attached hydrogens (tertiary/aromatic N) is 2. The minimum atomic E-state index is -1.39. The molecule has 194 valence electrons. The Bertz CT molecular complexity index is 892. The number of primary amides is 1. The van der Waals surface area contributed by atoms with Crippen LogP contribution >= 0.6 is 0 Å². The van der Waals surface area contributed by atoms with E-state index in [1.807, 2.05) is 0 Å². The van der Waals surface area contributed by atoms with Crippen molar-refractivity contribution in [2.75, 3.05) is 13.1 Å². The van der Waals surface area contributed by atoms with Crippen molar-refractivity contribution in [3.05, 3.63) is 18.2 Å². The van der Waals surface area contributed by atoms with Crippen LogP contribution in [0.5, 0.6) is 0 Å². The number of carboxylic acids is 1. The van der Waals surface area contributed by atoms with E-state index in [0.29, 0.717) is 37.9 Å². The van der Waals surface area contributed by atoms with Crippen LogP contribution in [0.15, 0.2) is 12.5 Å². The Hall–Kier alpha value is -3.52. The zero-order valence-electron chi connectivity index (χ0n) is 19.4. The van der Waals surface area contributed by atoms with Crippen molar-refractivity contribution in [2.24, 2.45) is 17.2 Å². The molecule has 1 fully saturated rings. The first kappa shape index (κ1) is 27.7. The number of H-pyrrole nitrogens is 1. The van der Waals surface area contributed by atoms with Gasteiger partial charge in [-0.25, -0.2) is 9.78 Å². The van der Waals surface area contributed by atoms with Crippen LogP contribution in [0.25, 0.3) is 0 Å². The third-order valence-electron chi connectivity index (χ3n) is 5.76. The normalized spacial score (nSPS) is 17.9. The topological polar surface area (TPSA) is 240 Å². The third-order valence-corrected chi connectivity index (χ3v) is 5.76. The molecule has 0 spiro atoms. The minimum absolute atomic E-state index is 0.00599. The van der Waals surface area contributed by atoms with Crippen molar-refractivity contribution in [3.63, 3.8) is 0 Å². The number of likely N-dealkylation sites (tertiary alicyclic amines) is 1. The maximum Gasteiger partial charge on any atom is 0.326 e. The Labute approximate surface area is 202 Å². The molecule has 1 aromatic heterocycles. The molecule has 2 rings (SSSR count). The second kappa shape index (κ2) is 13.4. The summed E-state index contributed by atoms with van der Waals surface area (Å²) in [7, 11) is 0. The molecule has 14 heteroatoms. The number of hydrogen-bond acceptors (Lipinski definition) is 8. The van der Waals surface area contributed by atoms with Crippen LogP contribution in [-0.2, 0) is 30.4 Å². The summed E-state index contributed by atoms with van der Waals surface area (Å²) in [5.74, 6) is -4.08. The van der Waals surface area contributed by atoms with E-state index in [9.17, 15) is 29.1 Å². The summed E-state index contributed by atoms with van der Waals surface area (Å²) in [6.45, 7) is 0.640. The number of carbonyl (C=O) groups is 5. The first-order valence-electron chi connectivity index (χ1n) is 11.5. The van der Waals surface area contributed by atoms with Gasteiger partial charge in [0.25, 0.3) is 0 Å². The fraction of sp³-hybridized carbons (Fsp3) is 0.619. The number of amides is 4.